The van der Waals surface area contributed by atoms with E-state index in [9.17, 15) is 8.78 Å². The van der Waals surface area contributed by atoms with E-state index in [4.69, 9.17) is 10.5 Å². The molecule has 1 aromatic carbocycles. The quantitative estimate of drug-likeness (QED) is 0.896. The lowest BCUT2D eigenvalue weighted by Crippen LogP contribution is -1.96. The van der Waals surface area contributed by atoms with Crippen LogP contribution in [0.15, 0.2) is 28.9 Å². The third kappa shape index (κ3) is 1.93. The number of nitrogens with two attached hydrogens (primary N) is 1. The van der Waals surface area contributed by atoms with Gasteiger partial charge in [-0.2, -0.15) is 0 Å². The number of halogens is 2. The van der Waals surface area contributed by atoms with Gasteiger partial charge >= 0.3 is 0 Å². The van der Waals surface area contributed by atoms with Gasteiger partial charge in [-0.3, -0.25) is 0 Å². The van der Waals surface area contributed by atoms with Crippen molar-refractivity contribution < 1.29 is 18.0 Å². The molecule has 0 unspecified atom stereocenters. The van der Waals surface area contributed by atoms with E-state index >= 15 is 0 Å². The number of anilines is 1. The van der Waals surface area contributed by atoms with Crippen molar-refractivity contribution in [3.63, 3.8) is 0 Å². The van der Waals surface area contributed by atoms with E-state index in [0.717, 1.165) is 0 Å². The predicted molar refractivity (Wildman–Crippen MR) is 57.9 cm³/mol. The van der Waals surface area contributed by atoms with E-state index in [-0.39, 0.29) is 17.0 Å². The van der Waals surface area contributed by atoms with Gasteiger partial charge in [-0.1, -0.05) is 17.3 Å². The summed E-state index contributed by atoms with van der Waals surface area (Å²) in [5, 5.41) is 3.47. The molecule has 0 spiro atoms. The minimum Gasteiger partial charge on any atom is -0.496 e. The third-order valence-electron chi connectivity index (χ3n) is 2.38. The van der Waals surface area contributed by atoms with Crippen LogP contribution in [0.4, 0.5) is 14.7 Å². The van der Waals surface area contributed by atoms with Gasteiger partial charge in [-0.15, -0.1) is 0 Å². The highest BCUT2D eigenvalue weighted by atomic mass is 19.3. The molecule has 0 radical (unpaired) electrons. The number of ether oxygens (including phenoxy) is 1. The van der Waals surface area contributed by atoms with Gasteiger partial charge in [0.05, 0.1) is 18.9 Å². The number of aromatic nitrogens is 1. The number of nitrogens with zero attached hydrogens (tertiary/aromatic N) is 1. The maximum absolute atomic E-state index is 12.9. The second-order valence-electron chi connectivity index (χ2n) is 3.33. The Bertz CT molecular complexity index is 526. The van der Waals surface area contributed by atoms with Crippen LogP contribution in [0, 0.1) is 0 Å². The van der Waals surface area contributed by atoms with Crippen LogP contribution >= 0.6 is 0 Å². The molecule has 0 aliphatic rings. The van der Waals surface area contributed by atoms with Crippen LogP contribution in [-0.4, -0.2) is 12.3 Å². The molecule has 0 amide bonds. The van der Waals surface area contributed by atoms with Gasteiger partial charge in [0.2, 0.25) is 5.88 Å². The molecule has 90 valence electrons. The highest BCUT2D eigenvalue weighted by Crippen LogP contribution is 2.40. The Hall–Kier alpha value is -2.11. The Morgan fingerprint density at radius 3 is 2.71 bits per heavy atom. The standard InChI is InChI=1S/C11H10F2N2O2/c1-16-8-4-2-3-6(10(12)13)9(8)7-5-15-17-11(7)14/h2-5,10H,14H2,1H3. The maximum atomic E-state index is 12.9. The highest BCUT2D eigenvalue weighted by Gasteiger charge is 2.21. The van der Waals surface area contributed by atoms with Crippen LogP contribution in [-0.2, 0) is 0 Å². The molecule has 6 heteroatoms. The van der Waals surface area contributed by atoms with Crippen LogP contribution in [0.25, 0.3) is 11.1 Å². The topological polar surface area (TPSA) is 61.3 Å². The Morgan fingerprint density at radius 1 is 1.41 bits per heavy atom. The van der Waals surface area contributed by atoms with Crippen molar-refractivity contribution in [3.05, 3.63) is 30.0 Å². The number of rotatable bonds is 3. The van der Waals surface area contributed by atoms with Gasteiger partial charge < -0.3 is 15.0 Å². The SMILES string of the molecule is COc1cccc(C(F)F)c1-c1cnoc1N. The number of alkyl halides is 2. The first-order chi connectivity index (χ1) is 8.15. The molecule has 0 bridgehead atoms. The van der Waals surface area contributed by atoms with Crippen molar-refractivity contribution in [3.8, 4) is 16.9 Å². The van der Waals surface area contributed by atoms with Crippen molar-refractivity contribution in [2.24, 2.45) is 0 Å². The summed E-state index contributed by atoms with van der Waals surface area (Å²) in [6.45, 7) is 0. The molecule has 0 saturated carbocycles. The van der Waals surface area contributed by atoms with E-state index in [1.54, 1.807) is 6.07 Å². The second-order valence-corrected chi connectivity index (χ2v) is 3.33. The summed E-state index contributed by atoms with van der Waals surface area (Å²) in [5.41, 5.74) is 5.88. The van der Waals surface area contributed by atoms with E-state index in [0.29, 0.717) is 11.3 Å². The average molecular weight is 240 g/mol. The summed E-state index contributed by atoms with van der Waals surface area (Å²) in [7, 11) is 1.40. The molecule has 0 aliphatic heterocycles. The number of nitrogen functional groups attached to an aromatic ring is 1. The Labute approximate surface area is 96.0 Å². The summed E-state index contributed by atoms with van der Waals surface area (Å²) >= 11 is 0. The van der Waals surface area contributed by atoms with E-state index in [1.807, 2.05) is 0 Å². The van der Waals surface area contributed by atoms with Gasteiger partial charge in [0.15, 0.2) is 0 Å². The lowest BCUT2D eigenvalue weighted by atomic mass is 10.0. The summed E-state index contributed by atoms with van der Waals surface area (Å²) in [6.07, 6.45) is -1.34. The van der Waals surface area contributed by atoms with Gasteiger partial charge in [-0.25, -0.2) is 8.78 Å². The van der Waals surface area contributed by atoms with Crippen LogP contribution in [0.3, 0.4) is 0 Å². The van der Waals surface area contributed by atoms with Gasteiger partial charge in [-0.05, 0) is 6.07 Å². The normalized spacial score (nSPS) is 10.8. The minimum atomic E-state index is -2.63. The predicted octanol–water partition coefficient (Wildman–Crippen LogP) is 2.87. The lowest BCUT2D eigenvalue weighted by molar-refractivity contribution is 0.151. The van der Waals surface area contributed by atoms with Crippen molar-refractivity contribution >= 4 is 5.88 Å². The Kier molecular flexibility index (Phi) is 2.95. The van der Waals surface area contributed by atoms with Gasteiger partial charge in [0.25, 0.3) is 6.43 Å². The number of methoxy groups -OCH3 is 1. The summed E-state index contributed by atoms with van der Waals surface area (Å²) in [5.74, 6) is 0.286. The Morgan fingerprint density at radius 2 is 2.18 bits per heavy atom. The molecule has 1 heterocycles. The third-order valence-corrected chi connectivity index (χ3v) is 2.38. The molecule has 4 nitrogen and oxygen atoms in total. The van der Waals surface area contributed by atoms with Crippen molar-refractivity contribution in [1.29, 1.82) is 0 Å². The van der Waals surface area contributed by atoms with Crippen molar-refractivity contribution in [2.75, 3.05) is 12.8 Å². The molecule has 0 fully saturated rings. The van der Waals surface area contributed by atoms with E-state index < -0.39 is 6.43 Å². The van der Waals surface area contributed by atoms with Crippen molar-refractivity contribution in [1.82, 2.24) is 5.16 Å². The fourth-order valence-corrected chi connectivity index (χ4v) is 1.62. The van der Waals surface area contributed by atoms with Gasteiger partial charge in [0, 0.05) is 11.1 Å². The average Bonchev–Trinajstić information content (AvgIpc) is 2.74. The summed E-state index contributed by atoms with van der Waals surface area (Å²) in [4.78, 5) is 0. The molecular formula is C11H10F2N2O2. The summed E-state index contributed by atoms with van der Waals surface area (Å²) < 4.78 is 35.6. The fraction of sp³-hybridized carbons (Fsp3) is 0.182. The summed E-state index contributed by atoms with van der Waals surface area (Å²) in [6, 6.07) is 4.39. The van der Waals surface area contributed by atoms with Crippen molar-refractivity contribution in [2.45, 2.75) is 6.43 Å². The largest absolute Gasteiger partial charge is 0.496 e. The zero-order chi connectivity index (χ0) is 12.4. The zero-order valence-electron chi connectivity index (χ0n) is 8.98. The molecule has 0 saturated heterocycles. The van der Waals surface area contributed by atoms with Crippen LogP contribution in [0.5, 0.6) is 5.75 Å². The van der Waals surface area contributed by atoms with Crippen LogP contribution < -0.4 is 10.5 Å². The minimum absolute atomic E-state index is 0.0172. The number of hydrogen-bond donors (Lipinski definition) is 1. The van der Waals surface area contributed by atoms with E-state index in [2.05, 4.69) is 9.68 Å². The first kappa shape index (κ1) is 11.4. The molecule has 17 heavy (non-hydrogen) atoms. The monoisotopic (exact) mass is 240 g/mol. The molecule has 1 aromatic heterocycles. The van der Waals surface area contributed by atoms with Gasteiger partial charge in [0.1, 0.15) is 5.75 Å². The molecule has 2 aromatic rings. The maximum Gasteiger partial charge on any atom is 0.264 e. The molecule has 0 aliphatic carbocycles. The molecule has 2 rings (SSSR count). The fourth-order valence-electron chi connectivity index (χ4n) is 1.62. The molecular weight excluding hydrogens is 230 g/mol. The first-order valence-corrected chi connectivity index (χ1v) is 4.80. The molecule has 0 atom stereocenters. The van der Waals surface area contributed by atoms with Crippen LogP contribution in [0.1, 0.15) is 12.0 Å². The molecule has 2 N–H and O–H groups in total. The smallest absolute Gasteiger partial charge is 0.264 e. The highest BCUT2D eigenvalue weighted by molar-refractivity contribution is 5.80. The number of benzene rings is 1. The first-order valence-electron chi connectivity index (χ1n) is 4.80. The lowest BCUT2D eigenvalue weighted by Gasteiger charge is -2.11. The second kappa shape index (κ2) is 4.40. The Balaban J connectivity index is 2.69. The number of hydrogen-bond acceptors (Lipinski definition) is 4. The van der Waals surface area contributed by atoms with Crippen LogP contribution in [0.2, 0.25) is 0 Å². The van der Waals surface area contributed by atoms with E-state index in [1.165, 1.54) is 25.4 Å². The zero-order valence-corrected chi connectivity index (χ0v) is 8.98.